The van der Waals surface area contributed by atoms with Crippen LogP contribution >= 0.6 is 0 Å². The molecule has 1 N–H and O–H groups in total. The molecule has 0 aromatic carbocycles. The molecule has 0 aromatic rings. The van der Waals surface area contributed by atoms with Gasteiger partial charge in [-0.25, -0.2) is 0 Å². The molecule has 1 fully saturated rings. The highest BCUT2D eigenvalue weighted by molar-refractivity contribution is 5.82. The molecule has 5 heteroatoms. The minimum absolute atomic E-state index is 0.0364. The van der Waals surface area contributed by atoms with Crippen molar-refractivity contribution < 1.29 is 14.7 Å². The molecule has 0 saturated carbocycles. The van der Waals surface area contributed by atoms with Crippen LogP contribution in [-0.2, 0) is 9.59 Å². The number of rotatable bonds is 4. The van der Waals surface area contributed by atoms with E-state index in [9.17, 15) is 9.59 Å². The van der Waals surface area contributed by atoms with Gasteiger partial charge >= 0.3 is 5.97 Å². The van der Waals surface area contributed by atoms with Crippen LogP contribution in [0.25, 0.3) is 0 Å². The molecule has 0 aliphatic carbocycles. The van der Waals surface area contributed by atoms with Gasteiger partial charge in [0.2, 0.25) is 5.91 Å². The van der Waals surface area contributed by atoms with E-state index in [1.165, 1.54) is 0 Å². The van der Waals surface area contributed by atoms with Crippen LogP contribution in [0.3, 0.4) is 0 Å². The molecule has 5 nitrogen and oxygen atoms in total. The van der Waals surface area contributed by atoms with Gasteiger partial charge in [-0.1, -0.05) is 13.8 Å². The molecule has 1 amide bonds. The summed E-state index contributed by atoms with van der Waals surface area (Å²) in [5.74, 6) is -1.53. The average Bonchev–Trinajstić information content (AvgIpc) is 2.28. The van der Waals surface area contributed by atoms with Gasteiger partial charge in [0.25, 0.3) is 0 Å². The first-order valence-corrected chi connectivity index (χ1v) is 5.77. The normalized spacial score (nSPS) is 19.5. The Morgan fingerprint density at radius 2 is 1.81 bits per heavy atom. The fraction of sp³-hybridized carbons (Fsp3) is 0.818. The van der Waals surface area contributed by atoms with Gasteiger partial charge in [-0.05, 0) is 6.54 Å². The molecule has 1 saturated heterocycles. The zero-order valence-corrected chi connectivity index (χ0v) is 9.98. The Bertz CT molecular complexity index is 260. The summed E-state index contributed by atoms with van der Waals surface area (Å²) in [6, 6.07) is 0. The van der Waals surface area contributed by atoms with E-state index in [2.05, 4.69) is 11.8 Å². The molecule has 1 aliphatic heterocycles. The van der Waals surface area contributed by atoms with Crippen LogP contribution < -0.4 is 0 Å². The molecule has 0 spiro atoms. The highest BCUT2D eigenvalue weighted by atomic mass is 16.4. The summed E-state index contributed by atoms with van der Waals surface area (Å²) < 4.78 is 0. The average molecular weight is 228 g/mol. The number of hydrogen-bond acceptors (Lipinski definition) is 3. The monoisotopic (exact) mass is 228 g/mol. The van der Waals surface area contributed by atoms with Crippen molar-refractivity contribution in [2.45, 2.75) is 20.3 Å². The molecule has 92 valence electrons. The lowest BCUT2D eigenvalue weighted by molar-refractivity contribution is -0.145. The third-order valence-electron chi connectivity index (χ3n) is 3.07. The Morgan fingerprint density at radius 3 is 2.25 bits per heavy atom. The van der Waals surface area contributed by atoms with Crippen LogP contribution in [0.5, 0.6) is 0 Å². The molecule has 1 aliphatic rings. The number of piperazine rings is 1. The lowest BCUT2D eigenvalue weighted by Gasteiger charge is -2.34. The number of carboxylic acids is 1. The lowest BCUT2D eigenvalue weighted by Crippen LogP contribution is -2.48. The van der Waals surface area contributed by atoms with Gasteiger partial charge in [0, 0.05) is 32.6 Å². The first kappa shape index (κ1) is 13.0. The molecular formula is C11H20N2O3. The van der Waals surface area contributed by atoms with Crippen molar-refractivity contribution in [1.29, 1.82) is 0 Å². The van der Waals surface area contributed by atoms with E-state index in [1.54, 1.807) is 11.8 Å². The second-order valence-corrected chi connectivity index (χ2v) is 4.26. The van der Waals surface area contributed by atoms with E-state index >= 15 is 0 Å². The van der Waals surface area contributed by atoms with Gasteiger partial charge < -0.3 is 14.9 Å². The third kappa shape index (κ3) is 3.48. The van der Waals surface area contributed by atoms with Crippen molar-refractivity contribution in [3.05, 3.63) is 0 Å². The number of hydrogen-bond donors (Lipinski definition) is 1. The Labute approximate surface area is 96.0 Å². The maximum atomic E-state index is 11.8. The maximum Gasteiger partial charge on any atom is 0.306 e. The van der Waals surface area contributed by atoms with Crippen molar-refractivity contribution in [2.24, 2.45) is 5.92 Å². The van der Waals surface area contributed by atoms with E-state index in [0.717, 1.165) is 32.7 Å². The number of carboxylic acid groups (broad SMARTS) is 1. The molecule has 0 radical (unpaired) electrons. The van der Waals surface area contributed by atoms with Gasteiger partial charge in [0.05, 0.1) is 5.92 Å². The first-order chi connectivity index (χ1) is 7.54. The fourth-order valence-electron chi connectivity index (χ4n) is 1.79. The van der Waals surface area contributed by atoms with E-state index in [1.807, 2.05) is 0 Å². The molecule has 1 heterocycles. The van der Waals surface area contributed by atoms with Crippen LogP contribution in [0.2, 0.25) is 0 Å². The van der Waals surface area contributed by atoms with Crippen molar-refractivity contribution in [3.8, 4) is 0 Å². The van der Waals surface area contributed by atoms with Crippen molar-refractivity contribution >= 4 is 11.9 Å². The quantitative estimate of drug-likeness (QED) is 0.750. The summed E-state index contributed by atoms with van der Waals surface area (Å²) in [6.07, 6.45) is 0.113. The molecule has 1 unspecified atom stereocenters. The van der Waals surface area contributed by atoms with Crippen molar-refractivity contribution in [2.75, 3.05) is 32.7 Å². The number of nitrogens with zero attached hydrogens (tertiary/aromatic N) is 2. The van der Waals surface area contributed by atoms with Crippen molar-refractivity contribution in [1.82, 2.24) is 9.80 Å². The van der Waals surface area contributed by atoms with Crippen molar-refractivity contribution in [3.63, 3.8) is 0 Å². The third-order valence-corrected chi connectivity index (χ3v) is 3.07. The molecule has 0 aromatic heterocycles. The minimum Gasteiger partial charge on any atom is -0.481 e. The molecule has 1 atom stereocenters. The van der Waals surface area contributed by atoms with E-state index in [-0.39, 0.29) is 12.3 Å². The smallest absolute Gasteiger partial charge is 0.306 e. The zero-order valence-electron chi connectivity index (χ0n) is 9.98. The summed E-state index contributed by atoms with van der Waals surface area (Å²) in [5.41, 5.74) is 0. The van der Waals surface area contributed by atoms with Gasteiger partial charge in [-0.15, -0.1) is 0 Å². The Hall–Kier alpha value is -1.10. The minimum atomic E-state index is -0.902. The van der Waals surface area contributed by atoms with Gasteiger partial charge in [0.15, 0.2) is 0 Å². The first-order valence-electron chi connectivity index (χ1n) is 5.77. The highest BCUT2D eigenvalue weighted by Gasteiger charge is 2.23. The summed E-state index contributed by atoms with van der Waals surface area (Å²) in [7, 11) is 0. The second kappa shape index (κ2) is 5.84. The van der Waals surface area contributed by atoms with E-state index < -0.39 is 11.9 Å². The van der Waals surface area contributed by atoms with Gasteiger partial charge in [0.1, 0.15) is 0 Å². The summed E-state index contributed by atoms with van der Waals surface area (Å²) >= 11 is 0. The number of aliphatic carboxylic acids is 1. The van der Waals surface area contributed by atoms with Crippen LogP contribution in [0, 0.1) is 5.92 Å². The van der Waals surface area contributed by atoms with Gasteiger partial charge in [-0.2, -0.15) is 0 Å². The second-order valence-electron chi connectivity index (χ2n) is 4.26. The summed E-state index contributed by atoms with van der Waals surface area (Å²) in [4.78, 5) is 26.4. The number of amides is 1. The molecule has 1 rings (SSSR count). The van der Waals surface area contributed by atoms with Crippen LogP contribution in [-0.4, -0.2) is 59.5 Å². The predicted molar refractivity (Wildman–Crippen MR) is 60.1 cm³/mol. The summed E-state index contributed by atoms with van der Waals surface area (Å²) in [5, 5.41) is 8.73. The molecule has 16 heavy (non-hydrogen) atoms. The summed E-state index contributed by atoms with van der Waals surface area (Å²) in [6.45, 7) is 7.91. The zero-order chi connectivity index (χ0) is 12.1. The number of carbonyl (C=O) groups excluding carboxylic acids is 1. The number of carbonyl (C=O) groups is 2. The maximum absolute atomic E-state index is 11.8. The Balaban J connectivity index is 2.36. The topological polar surface area (TPSA) is 60.9 Å². The largest absolute Gasteiger partial charge is 0.481 e. The Morgan fingerprint density at radius 1 is 1.25 bits per heavy atom. The molecule has 0 bridgehead atoms. The lowest BCUT2D eigenvalue weighted by atomic mass is 10.1. The standard InChI is InChI=1S/C11H20N2O3/c1-3-12-4-6-13(7-5-12)10(14)8-9(2)11(15)16/h9H,3-8H2,1-2H3,(H,15,16). The SMILES string of the molecule is CCN1CCN(C(=O)CC(C)C(=O)O)CC1. The number of likely N-dealkylation sites (N-methyl/N-ethyl adjacent to an activating group) is 1. The predicted octanol–water partition coefficient (Wildman–Crippen LogP) is 0.261. The van der Waals surface area contributed by atoms with Gasteiger partial charge in [-0.3, -0.25) is 9.59 Å². The molecular weight excluding hydrogens is 208 g/mol. The van der Waals surface area contributed by atoms with Crippen LogP contribution in [0.4, 0.5) is 0 Å². The van der Waals surface area contributed by atoms with E-state index in [4.69, 9.17) is 5.11 Å². The van der Waals surface area contributed by atoms with Crippen LogP contribution in [0.1, 0.15) is 20.3 Å². The van der Waals surface area contributed by atoms with Crippen LogP contribution in [0.15, 0.2) is 0 Å². The highest BCUT2D eigenvalue weighted by Crippen LogP contribution is 2.08. The Kier molecular flexibility index (Phi) is 4.73. The van der Waals surface area contributed by atoms with E-state index in [0.29, 0.717) is 0 Å². The fourth-order valence-corrected chi connectivity index (χ4v) is 1.79.